The van der Waals surface area contributed by atoms with Crippen LogP contribution in [0.4, 0.5) is 17.1 Å². The molecule has 0 bridgehead atoms. The van der Waals surface area contributed by atoms with Gasteiger partial charge in [-0.1, -0.05) is 37.1 Å². The summed E-state index contributed by atoms with van der Waals surface area (Å²) in [5.74, 6) is -1.37. The van der Waals surface area contributed by atoms with Gasteiger partial charge in [-0.15, -0.1) is 0 Å². The lowest BCUT2D eigenvalue weighted by Gasteiger charge is -2.35. The molecule has 11 N–H and O–H groups in total. The molecule has 2 fully saturated rings. The summed E-state index contributed by atoms with van der Waals surface area (Å²) >= 11 is 0. The van der Waals surface area contributed by atoms with Gasteiger partial charge in [0.2, 0.25) is 29.5 Å². The standard InChI is InChI=1S/C47H73N13O6/c1-33(53-46(66)39(54-34(2)61)15-7-9-21-48)43(63)56-38(16-11-22-52-47(49)50)45(65)51-23-27-58-30-28-57(29-31-58)24-10-8-12-35-19-25-59(26-20-35)32-42(62)60-40-17-5-3-13-36(40)44(64)55-37-14-4-6-18-41(37)60/h3-6,13-14,17-18,33,35,38-39H,7-12,15-16,19-32,48H2,1-2H3,(H,51,65)(H,53,66)(H,54,61)(H,55,64)(H,56,63)(H4,49,50,52)/t33-,38-,39-/m0/s1. The third kappa shape index (κ3) is 16.1. The molecule has 2 saturated heterocycles. The average molecular weight is 916 g/mol. The Hall–Kier alpha value is -5.63. The van der Waals surface area contributed by atoms with Crippen molar-refractivity contribution < 1.29 is 28.8 Å². The van der Waals surface area contributed by atoms with Crippen LogP contribution in [-0.4, -0.2) is 153 Å². The number of piperidine rings is 1. The fraction of sp³-hybridized carbons (Fsp3) is 0.596. The van der Waals surface area contributed by atoms with Gasteiger partial charge in [0.05, 0.1) is 29.2 Å². The van der Waals surface area contributed by atoms with Gasteiger partial charge >= 0.3 is 0 Å². The molecule has 2 aromatic carbocycles. The molecule has 0 aliphatic carbocycles. The Labute approximate surface area is 389 Å². The summed E-state index contributed by atoms with van der Waals surface area (Å²) in [6.45, 7) is 11.5. The minimum atomic E-state index is -0.960. The number of aliphatic imine (C=N–C) groups is 1. The Morgan fingerprint density at radius 2 is 1.39 bits per heavy atom. The van der Waals surface area contributed by atoms with E-state index in [9.17, 15) is 28.8 Å². The van der Waals surface area contributed by atoms with E-state index in [1.165, 1.54) is 26.7 Å². The van der Waals surface area contributed by atoms with Crippen LogP contribution in [0, 0.1) is 5.92 Å². The van der Waals surface area contributed by atoms with Crippen LogP contribution in [-0.2, 0) is 24.0 Å². The van der Waals surface area contributed by atoms with E-state index < -0.39 is 29.9 Å². The molecule has 0 unspecified atom stereocenters. The molecule has 3 aliphatic rings. The first kappa shape index (κ1) is 51.4. The molecule has 5 rings (SSSR count). The number of rotatable bonds is 24. The van der Waals surface area contributed by atoms with Gasteiger partial charge in [0.15, 0.2) is 5.96 Å². The number of fused-ring (bicyclic) bond motifs is 2. The number of carbonyl (C=O) groups excluding carboxylic acids is 6. The fourth-order valence-corrected chi connectivity index (χ4v) is 8.84. The SMILES string of the molecule is CC(=O)N[C@@H](CCCCN)C(=O)N[C@@H](C)C(=O)N[C@@H](CCCN=C(N)N)C(=O)NCCN1CCN(CCCCC2CCN(CC(=O)N3c4ccccc4NC(=O)c4ccccc43)CC2)CC1. The van der Waals surface area contributed by atoms with Crippen molar-refractivity contribution in [1.29, 1.82) is 0 Å². The van der Waals surface area contributed by atoms with E-state index in [-0.39, 0.29) is 36.0 Å². The summed E-state index contributed by atoms with van der Waals surface area (Å²) in [6, 6.07) is 12.1. The Morgan fingerprint density at radius 1 is 0.742 bits per heavy atom. The molecule has 0 saturated carbocycles. The summed E-state index contributed by atoms with van der Waals surface area (Å²) in [7, 11) is 0. The van der Waals surface area contributed by atoms with Gasteiger partial charge in [-0.2, -0.15) is 0 Å². The summed E-state index contributed by atoms with van der Waals surface area (Å²) in [5, 5.41) is 14.0. The van der Waals surface area contributed by atoms with Crippen molar-refractivity contribution in [3.8, 4) is 0 Å². The second-order valence-electron chi connectivity index (χ2n) is 17.7. The van der Waals surface area contributed by atoms with Crippen LogP contribution >= 0.6 is 0 Å². The molecule has 3 heterocycles. The lowest BCUT2D eigenvalue weighted by Crippen LogP contribution is -2.56. The summed E-state index contributed by atoms with van der Waals surface area (Å²) in [5.41, 5.74) is 18.9. The van der Waals surface area contributed by atoms with Gasteiger partial charge in [0.1, 0.15) is 18.1 Å². The predicted molar refractivity (Wildman–Crippen MR) is 257 cm³/mol. The maximum Gasteiger partial charge on any atom is 0.257 e. The third-order valence-electron chi connectivity index (χ3n) is 12.6. The molecule has 19 heteroatoms. The summed E-state index contributed by atoms with van der Waals surface area (Å²) in [6.07, 6.45) is 8.06. The second kappa shape index (κ2) is 26.5. The van der Waals surface area contributed by atoms with Gasteiger partial charge < -0.3 is 48.7 Å². The van der Waals surface area contributed by atoms with E-state index >= 15 is 0 Å². The lowest BCUT2D eigenvalue weighted by atomic mass is 9.91. The number of benzene rings is 2. The van der Waals surface area contributed by atoms with E-state index in [0.717, 1.165) is 65.1 Å². The Morgan fingerprint density at radius 3 is 2.09 bits per heavy atom. The van der Waals surface area contributed by atoms with Crippen LogP contribution in [0.2, 0.25) is 0 Å². The van der Waals surface area contributed by atoms with E-state index in [1.807, 2.05) is 42.5 Å². The van der Waals surface area contributed by atoms with Gasteiger partial charge in [0, 0.05) is 52.7 Å². The molecule has 6 amide bonds. The highest BCUT2D eigenvalue weighted by Crippen LogP contribution is 2.38. The highest BCUT2D eigenvalue weighted by atomic mass is 16.2. The Kier molecular flexibility index (Phi) is 20.6. The van der Waals surface area contributed by atoms with Crippen molar-refractivity contribution in [2.75, 3.05) is 88.8 Å². The molecule has 3 aliphatic heterocycles. The molecule has 19 nitrogen and oxygen atoms in total. The van der Waals surface area contributed by atoms with E-state index in [4.69, 9.17) is 17.2 Å². The average Bonchev–Trinajstić information content (AvgIpc) is 3.42. The van der Waals surface area contributed by atoms with Gasteiger partial charge in [-0.05, 0) is 115 Å². The zero-order valence-electron chi connectivity index (χ0n) is 38.9. The number of nitrogens with one attached hydrogen (secondary N) is 5. The van der Waals surface area contributed by atoms with Crippen molar-refractivity contribution >= 4 is 58.5 Å². The molecule has 0 aromatic heterocycles. The number of anilines is 3. The Balaban J connectivity index is 0.973. The number of likely N-dealkylation sites (tertiary alicyclic amines) is 1. The molecule has 362 valence electrons. The lowest BCUT2D eigenvalue weighted by molar-refractivity contribution is -0.133. The number of unbranched alkanes of at least 4 members (excludes halogenated alkanes) is 2. The second-order valence-corrected chi connectivity index (χ2v) is 17.7. The van der Waals surface area contributed by atoms with Crippen molar-refractivity contribution in [3.63, 3.8) is 0 Å². The Bertz CT molecular complexity index is 1960. The number of carbonyl (C=O) groups is 6. The largest absolute Gasteiger partial charge is 0.370 e. The van der Waals surface area contributed by atoms with Crippen LogP contribution in [0.1, 0.15) is 88.4 Å². The number of amides is 6. The van der Waals surface area contributed by atoms with E-state index in [2.05, 4.69) is 46.3 Å². The topological polar surface area (TPSA) is 266 Å². The third-order valence-corrected chi connectivity index (χ3v) is 12.6. The number of piperazine rings is 1. The minimum Gasteiger partial charge on any atom is -0.370 e. The molecular formula is C47H73N13O6. The zero-order valence-corrected chi connectivity index (χ0v) is 38.9. The van der Waals surface area contributed by atoms with Crippen molar-refractivity contribution in [1.82, 2.24) is 36.0 Å². The van der Waals surface area contributed by atoms with Crippen LogP contribution in [0.25, 0.3) is 0 Å². The van der Waals surface area contributed by atoms with E-state index in [0.29, 0.717) is 87.0 Å². The quantitative estimate of drug-likeness (QED) is 0.0420. The highest BCUT2D eigenvalue weighted by molar-refractivity contribution is 6.18. The van der Waals surface area contributed by atoms with Crippen molar-refractivity contribution in [3.05, 3.63) is 54.1 Å². The molecular weight excluding hydrogens is 843 g/mol. The summed E-state index contributed by atoms with van der Waals surface area (Å²) < 4.78 is 0. The van der Waals surface area contributed by atoms with Crippen molar-refractivity contribution in [2.45, 2.75) is 96.2 Å². The van der Waals surface area contributed by atoms with E-state index in [1.54, 1.807) is 11.0 Å². The number of nitrogens with zero attached hydrogens (tertiary/aromatic N) is 5. The number of nitrogens with two attached hydrogens (primary N) is 3. The summed E-state index contributed by atoms with van der Waals surface area (Å²) in [4.78, 5) is 90.9. The zero-order chi connectivity index (χ0) is 47.4. The van der Waals surface area contributed by atoms with Gasteiger partial charge in [0.25, 0.3) is 5.91 Å². The molecule has 0 radical (unpaired) electrons. The normalized spacial score (nSPS) is 17.2. The molecule has 66 heavy (non-hydrogen) atoms. The first-order chi connectivity index (χ1) is 31.8. The smallest absolute Gasteiger partial charge is 0.257 e. The fourth-order valence-electron chi connectivity index (χ4n) is 8.84. The van der Waals surface area contributed by atoms with Crippen LogP contribution in [0.15, 0.2) is 53.5 Å². The van der Waals surface area contributed by atoms with Crippen LogP contribution in [0.5, 0.6) is 0 Å². The van der Waals surface area contributed by atoms with Crippen LogP contribution < -0.4 is 48.7 Å². The predicted octanol–water partition coefficient (Wildman–Crippen LogP) is 1.21. The maximum absolute atomic E-state index is 13.9. The van der Waals surface area contributed by atoms with Gasteiger partial charge in [-0.3, -0.25) is 48.5 Å². The van der Waals surface area contributed by atoms with Gasteiger partial charge in [-0.25, -0.2) is 0 Å². The number of para-hydroxylation sites is 3. The molecule has 3 atom stereocenters. The number of hydrogen-bond acceptors (Lipinski definition) is 11. The first-order valence-corrected chi connectivity index (χ1v) is 23.7. The first-order valence-electron chi connectivity index (χ1n) is 23.7. The highest BCUT2D eigenvalue weighted by Gasteiger charge is 2.32. The maximum atomic E-state index is 13.9. The van der Waals surface area contributed by atoms with Crippen LogP contribution in [0.3, 0.4) is 0 Å². The number of hydrogen-bond donors (Lipinski definition) is 8. The minimum absolute atomic E-state index is 0.0444. The van der Waals surface area contributed by atoms with Crippen molar-refractivity contribution in [2.24, 2.45) is 28.1 Å². The molecule has 2 aromatic rings. The molecule has 0 spiro atoms. The monoisotopic (exact) mass is 916 g/mol. The number of guanidine groups is 1.